The highest BCUT2D eigenvalue weighted by atomic mass is 16.3. The molecule has 7 nitrogen and oxygen atoms in total. The van der Waals surface area contributed by atoms with Gasteiger partial charge in [0.25, 0.3) is 5.56 Å². The molecule has 1 unspecified atom stereocenters. The van der Waals surface area contributed by atoms with E-state index in [1.54, 1.807) is 24.3 Å². The number of hydrogen-bond donors (Lipinski definition) is 3. The van der Waals surface area contributed by atoms with E-state index in [-0.39, 0.29) is 11.5 Å². The number of aldehydes is 1. The first-order valence-corrected chi connectivity index (χ1v) is 12.9. The molecule has 0 radical (unpaired) electrons. The molecule has 0 aliphatic heterocycles. The monoisotopic (exact) mass is 471 g/mol. The number of benzene rings is 1. The van der Waals surface area contributed by atoms with Crippen LogP contribution < -0.4 is 10.9 Å². The summed E-state index contributed by atoms with van der Waals surface area (Å²) in [4.78, 5) is 35.4. The predicted octanol–water partition coefficient (Wildman–Crippen LogP) is 6.35. The van der Waals surface area contributed by atoms with Crippen LogP contribution in [0, 0.1) is 5.92 Å². The van der Waals surface area contributed by atoms with Gasteiger partial charge < -0.3 is 10.4 Å². The molecule has 3 N–H and O–H groups in total. The van der Waals surface area contributed by atoms with E-state index in [0.717, 1.165) is 17.5 Å². The van der Waals surface area contributed by atoms with Crippen molar-refractivity contribution in [3.8, 4) is 11.6 Å². The Morgan fingerprint density at radius 3 is 2.09 bits per heavy atom. The van der Waals surface area contributed by atoms with Crippen molar-refractivity contribution in [1.82, 2.24) is 9.78 Å². The van der Waals surface area contributed by atoms with Gasteiger partial charge in [0.1, 0.15) is 5.56 Å². The molecule has 0 aliphatic carbocycles. The van der Waals surface area contributed by atoms with Gasteiger partial charge in [-0.15, -0.1) is 0 Å². The van der Waals surface area contributed by atoms with E-state index < -0.39 is 11.4 Å². The fourth-order valence-electron chi connectivity index (χ4n) is 4.32. The Balaban J connectivity index is 1.91. The number of anilines is 1. The van der Waals surface area contributed by atoms with Gasteiger partial charge in [0, 0.05) is 12.1 Å². The number of nitrogens with zero attached hydrogens (tertiary/aromatic N) is 1. The number of nitrogens with one attached hydrogen (secondary N) is 2. The molecule has 1 atom stereocenters. The van der Waals surface area contributed by atoms with Crippen LogP contribution in [0.15, 0.2) is 29.1 Å². The van der Waals surface area contributed by atoms with Crippen molar-refractivity contribution in [2.24, 2.45) is 5.92 Å². The topological polar surface area (TPSA) is 104 Å². The molecule has 1 amide bonds. The number of unbranched alkanes of at least 4 members (excludes halogenated alkanes) is 8. The Morgan fingerprint density at radius 2 is 1.53 bits per heavy atom. The van der Waals surface area contributed by atoms with Crippen molar-refractivity contribution >= 4 is 17.9 Å². The molecule has 1 aromatic heterocycles. The number of amides is 1. The summed E-state index contributed by atoms with van der Waals surface area (Å²) < 4.78 is 1.14. The van der Waals surface area contributed by atoms with Crippen molar-refractivity contribution in [3.05, 3.63) is 40.2 Å². The number of hydrogen-bond acceptors (Lipinski definition) is 4. The summed E-state index contributed by atoms with van der Waals surface area (Å²) in [6.45, 7) is 4.44. The Kier molecular flexibility index (Phi) is 12.2. The maximum atomic E-state index is 12.7. The lowest BCUT2D eigenvalue weighted by Gasteiger charge is -2.17. The molecule has 0 aliphatic rings. The molecule has 0 bridgehead atoms. The van der Waals surface area contributed by atoms with Crippen molar-refractivity contribution in [1.29, 1.82) is 0 Å². The SMILES string of the molecule is CCCCCCCCC(CCCCCC)CC(=O)Nc1ccc(-n2[nH]c(=O)c(C=O)c2O)cc1. The third kappa shape index (κ3) is 8.84. The van der Waals surface area contributed by atoms with Crippen LogP contribution in [0.25, 0.3) is 5.69 Å². The van der Waals surface area contributed by atoms with E-state index in [4.69, 9.17) is 0 Å². The summed E-state index contributed by atoms with van der Waals surface area (Å²) in [6.07, 6.45) is 15.5. The summed E-state index contributed by atoms with van der Waals surface area (Å²) in [5, 5.41) is 15.4. The Bertz CT molecular complexity index is 930. The highest BCUT2D eigenvalue weighted by Gasteiger charge is 2.16. The lowest BCUT2D eigenvalue weighted by molar-refractivity contribution is -0.117. The van der Waals surface area contributed by atoms with E-state index in [0.29, 0.717) is 30.0 Å². The minimum absolute atomic E-state index is 0.0136. The van der Waals surface area contributed by atoms with Crippen LogP contribution in [0.4, 0.5) is 5.69 Å². The lowest BCUT2D eigenvalue weighted by Crippen LogP contribution is -2.17. The number of carbonyl (C=O) groups is 2. The number of carbonyl (C=O) groups excluding carboxylic acids is 2. The minimum atomic E-state index is -0.653. The van der Waals surface area contributed by atoms with Gasteiger partial charge in [0.05, 0.1) is 5.69 Å². The van der Waals surface area contributed by atoms with Gasteiger partial charge in [-0.25, -0.2) is 4.68 Å². The molecule has 188 valence electrons. The molecule has 0 saturated carbocycles. The molecule has 1 aromatic carbocycles. The van der Waals surface area contributed by atoms with E-state index in [9.17, 15) is 19.5 Å². The van der Waals surface area contributed by atoms with Crippen LogP contribution in [0.1, 0.15) is 108 Å². The molecule has 2 rings (SSSR count). The average molecular weight is 472 g/mol. The van der Waals surface area contributed by atoms with Crippen LogP contribution in [-0.4, -0.2) is 27.1 Å². The summed E-state index contributed by atoms with van der Waals surface area (Å²) in [7, 11) is 0. The van der Waals surface area contributed by atoms with Gasteiger partial charge in [-0.1, -0.05) is 78.1 Å². The molecule has 2 aromatic rings. The number of H-pyrrole nitrogens is 1. The van der Waals surface area contributed by atoms with E-state index in [1.165, 1.54) is 64.2 Å². The van der Waals surface area contributed by atoms with E-state index in [1.807, 2.05) is 0 Å². The number of aromatic nitrogens is 2. The highest BCUT2D eigenvalue weighted by Crippen LogP contribution is 2.23. The Morgan fingerprint density at radius 1 is 0.971 bits per heavy atom. The Hall–Kier alpha value is -2.83. The smallest absolute Gasteiger partial charge is 0.279 e. The predicted molar refractivity (Wildman–Crippen MR) is 137 cm³/mol. The number of aromatic amines is 1. The van der Waals surface area contributed by atoms with Crippen LogP contribution in [0.2, 0.25) is 0 Å². The minimum Gasteiger partial charge on any atom is -0.493 e. The van der Waals surface area contributed by atoms with Crippen molar-refractivity contribution < 1.29 is 14.7 Å². The zero-order valence-electron chi connectivity index (χ0n) is 20.8. The fourth-order valence-corrected chi connectivity index (χ4v) is 4.32. The first-order valence-electron chi connectivity index (χ1n) is 12.9. The van der Waals surface area contributed by atoms with Gasteiger partial charge in [0.2, 0.25) is 11.8 Å². The molecule has 0 fully saturated rings. The van der Waals surface area contributed by atoms with E-state index >= 15 is 0 Å². The standard InChI is InChI=1S/C27H41N3O4/c1-3-5-7-9-10-12-14-21(13-11-8-6-4-2)19-25(32)28-22-15-17-23(18-16-22)30-27(34)24(20-31)26(33)29-30/h15-18,20-21,34H,3-14,19H2,1-2H3,(H,28,32)(H,29,33). The lowest BCUT2D eigenvalue weighted by atomic mass is 9.91. The van der Waals surface area contributed by atoms with Crippen LogP contribution >= 0.6 is 0 Å². The van der Waals surface area contributed by atoms with Crippen LogP contribution in [0.3, 0.4) is 0 Å². The van der Waals surface area contributed by atoms with Crippen molar-refractivity contribution in [2.45, 2.75) is 97.3 Å². The third-order valence-electron chi connectivity index (χ3n) is 6.34. The summed E-state index contributed by atoms with van der Waals surface area (Å²) in [6, 6.07) is 6.77. The zero-order valence-corrected chi connectivity index (χ0v) is 20.8. The van der Waals surface area contributed by atoms with Gasteiger partial charge in [-0.2, -0.15) is 0 Å². The second-order valence-corrected chi connectivity index (χ2v) is 9.20. The molecular weight excluding hydrogens is 430 g/mol. The molecule has 7 heteroatoms. The van der Waals surface area contributed by atoms with E-state index in [2.05, 4.69) is 24.3 Å². The molecular formula is C27H41N3O4. The van der Waals surface area contributed by atoms with Gasteiger partial charge in [0.15, 0.2) is 6.29 Å². The molecule has 34 heavy (non-hydrogen) atoms. The zero-order chi connectivity index (χ0) is 24.8. The highest BCUT2D eigenvalue weighted by molar-refractivity contribution is 5.91. The summed E-state index contributed by atoms with van der Waals surface area (Å²) in [5.41, 5.74) is 0.174. The number of rotatable bonds is 17. The van der Waals surface area contributed by atoms with Gasteiger partial charge >= 0.3 is 0 Å². The maximum absolute atomic E-state index is 12.7. The largest absolute Gasteiger partial charge is 0.493 e. The summed E-state index contributed by atoms with van der Waals surface area (Å²) in [5.74, 6) is -0.0111. The number of aromatic hydroxyl groups is 1. The van der Waals surface area contributed by atoms with Gasteiger partial charge in [-0.05, 0) is 43.0 Å². The fraction of sp³-hybridized carbons (Fsp3) is 0.593. The summed E-state index contributed by atoms with van der Waals surface area (Å²) >= 11 is 0. The first kappa shape index (κ1) is 27.4. The third-order valence-corrected chi connectivity index (χ3v) is 6.34. The molecule has 1 heterocycles. The average Bonchev–Trinajstić information content (AvgIpc) is 3.12. The van der Waals surface area contributed by atoms with Crippen LogP contribution in [-0.2, 0) is 4.79 Å². The molecule has 0 spiro atoms. The quantitative estimate of drug-likeness (QED) is 0.185. The molecule has 0 saturated heterocycles. The maximum Gasteiger partial charge on any atom is 0.279 e. The second-order valence-electron chi connectivity index (χ2n) is 9.20. The van der Waals surface area contributed by atoms with Gasteiger partial charge in [-0.3, -0.25) is 19.5 Å². The van der Waals surface area contributed by atoms with Crippen LogP contribution in [0.5, 0.6) is 5.88 Å². The Labute approximate surface area is 202 Å². The van der Waals surface area contributed by atoms with Crippen molar-refractivity contribution in [2.75, 3.05) is 5.32 Å². The first-order chi connectivity index (χ1) is 16.5. The normalized spacial score (nSPS) is 11.9. The second kappa shape index (κ2) is 15.1. The van der Waals surface area contributed by atoms with Crippen molar-refractivity contribution in [3.63, 3.8) is 0 Å².